The molecule has 4 rings (SSSR count). The molecule has 3 heterocycles. The molecule has 1 N–H and O–H groups in total. The molecular formula is C21H26N6. The standard InChI is InChI=1S/C21H26N6/c1-4-13(2)20-19(21-24-26-27-25-21)18(15-10-11-22-14(3)12-15)16-8-6-5-7-9-17(16)23-20/h10-13H,4-9H2,1-3H3,(H,24,25,26,27). The number of pyridine rings is 2. The molecule has 0 amide bonds. The fourth-order valence-corrected chi connectivity index (χ4v) is 4.01. The maximum atomic E-state index is 5.18. The number of hydrogen-bond acceptors (Lipinski definition) is 5. The number of tetrazole rings is 1. The van der Waals surface area contributed by atoms with Crippen molar-refractivity contribution in [2.24, 2.45) is 0 Å². The highest BCUT2D eigenvalue weighted by Gasteiger charge is 2.26. The third kappa shape index (κ3) is 3.36. The lowest BCUT2D eigenvalue weighted by molar-refractivity contribution is 0.691. The second-order valence-corrected chi connectivity index (χ2v) is 7.48. The van der Waals surface area contributed by atoms with E-state index in [1.807, 2.05) is 13.1 Å². The Morgan fingerprint density at radius 3 is 2.74 bits per heavy atom. The maximum absolute atomic E-state index is 5.18. The van der Waals surface area contributed by atoms with Crippen LogP contribution < -0.4 is 0 Å². The zero-order valence-corrected chi connectivity index (χ0v) is 16.3. The van der Waals surface area contributed by atoms with E-state index in [1.165, 1.54) is 41.6 Å². The number of nitrogens with zero attached hydrogens (tertiary/aromatic N) is 5. The van der Waals surface area contributed by atoms with E-state index in [4.69, 9.17) is 4.98 Å². The average molecular weight is 362 g/mol. The molecule has 1 unspecified atom stereocenters. The Morgan fingerprint density at radius 2 is 2.00 bits per heavy atom. The Morgan fingerprint density at radius 1 is 1.15 bits per heavy atom. The number of H-pyrrole nitrogens is 1. The van der Waals surface area contributed by atoms with Gasteiger partial charge < -0.3 is 0 Å². The summed E-state index contributed by atoms with van der Waals surface area (Å²) in [5, 5.41) is 15.0. The van der Waals surface area contributed by atoms with Gasteiger partial charge in [0.25, 0.3) is 0 Å². The Balaban J connectivity index is 2.08. The number of aryl methyl sites for hydroxylation is 2. The summed E-state index contributed by atoms with van der Waals surface area (Å²) in [6.45, 7) is 6.48. The topological polar surface area (TPSA) is 80.2 Å². The third-order valence-corrected chi connectivity index (χ3v) is 5.60. The van der Waals surface area contributed by atoms with Crippen LogP contribution in [-0.4, -0.2) is 30.6 Å². The summed E-state index contributed by atoms with van der Waals surface area (Å²) < 4.78 is 0. The molecule has 0 saturated heterocycles. The van der Waals surface area contributed by atoms with Gasteiger partial charge in [0, 0.05) is 17.6 Å². The van der Waals surface area contributed by atoms with E-state index in [0.717, 1.165) is 36.2 Å². The number of aromatic nitrogens is 6. The maximum Gasteiger partial charge on any atom is 0.181 e. The van der Waals surface area contributed by atoms with Gasteiger partial charge in [-0.15, -0.1) is 5.10 Å². The molecule has 6 heteroatoms. The largest absolute Gasteiger partial charge is 0.262 e. The van der Waals surface area contributed by atoms with Crippen molar-refractivity contribution in [1.82, 2.24) is 30.6 Å². The first-order chi connectivity index (χ1) is 13.2. The van der Waals surface area contributed by atoms with E-state index in [2.05, 4.69) is 51.6 Å². The average Bonchev–Trinajstić information content (AvgIpc) is 3.11. The van der Waals surface area contributed by atoms with Gasteiger partial charge in [-0.25, -0.2) is 5.10 Å². The second-order valence-electron chi connectivity index (χ2n) is 7.48. The lowest BCUT2D eigenvalue weighted by Crippen LogP contribution is -2.10. The Labute approximate surface area is 159 Å². The summed E-state index contributed by atoms with van der Waals surface area (Å²) in [6, 6.07) is 4.26. The Bertz CT molecular complexity index is 932. The molecule has 0 saturated carbocycles. The lowest BCUT2D eigenvalue weighted by Gasteiger charge is -2.22. The van der Waals surface area contributed by atoms with Gasteiger partial charge in [-0.05, 0) is 84.2 Å². The highest BCUT2D eigenvalue weighted by molar-refractivity contribution is 5.85. The molecule has 140 valence electrons. The van der Waals surface area contributed by atoms with Crippen molar-refractivity contribution in [1.29, 1.82) is 0 Å². The quantitative estimate of drug-likeness (QED) is 0.695. The van der Waals surface area contributed by atoms with E-state index in [0.29, 0.717) is 11.7 Å². The molecular weight excluding hydrogens is 336 g/mol. The van der Waals surface area contributed by atoms with Crippen LogP contribution in [0.2, 0.25) is 0 Å². The number of rotatable bonds is 4. The Hall–Kier alpha value is -2.63. The van der Waals surface area contributed by atoms with Crippen LogP contribution in [0.4, 0.5) is 0 Å². The van der Waals surface area contributed by atoms with Crippen LogP contribution in [-0.2, 0) is 12.8 Å². The van der Waals surface area contributed by atoms with Crippen LogP contribution in [0.3, 0.4) is 0 Å². The van der Waals surface area contributed by atoms with Gasteiger partial charge >= 0.3 is 0 Å². The van der Waals surface area contributed by atoms with Crippen molar-refractivity contribution in [3.8, 4) is 22.5 Å². The van der Waals surface area contributed by atoms with Crippen LogP contribution in [0, 0.1) is 6.92 Å². The van der Waals surface area contributed by atoms with Gasteiger partial charge in [0.2, 0.25) is 0 Å². The van der Waals surface area contributed by atoms with Gasteiger partial charge in [-0.1, -0.05) is 20.3 Å². The van der Waals surface area contributed by atoms with Crippen molar-refractivity contribution in [3.63, 3.8) is 0 Å². The SMILES string of the molecule is CCC(C)c1nc2c(c(-c3ccnc(C)c3)c1-c1nnn[nH]1)CCCCC2. The first kappa shape index (κ1) is 17.8. The van der Waals surface area contributed by atoms with Gasteiger partial charge in [0.1, 0.15) is 0 Å². The van der Waals surface area contributed by atoms with E-state index >= 15 is 0 Å². The van der Waals surface area contributed by atoms with Gasteiger partial charge in [0.15, 0.2) is 5.82 Å². The lowest BCUT2D eigenvalue weighted by atomic mass is 9.86. The molecule has 1 atom stereocenters. The molecule has 0 spiro atoms. The summed E-state index contributed by atoms with van der Waals surface area (Å²) >= 11 is 0. The van der Waals surface area contributed by atoms with Crippen LogP contribution in [0.1, 0.15) is 68.1 Å². The monoisotopic (exact) mass is 362 g/mol. The molecule has 1 aliphatic rings. The van der Waals surface area contributed by atoms with E-state index in [1.54, 1.807) is 0 Å². The van der Waals surface area contributed by atoms with Crippen LogP contribution in [0.15, 0.2) is 18.3 Å². The summed E-state index contributed by atoms with van der Waals surface area (Å²) in [4.78, 5) is 9.58. The number of fused-ring (bicyclic) bond motifs is 1. The molecule has 0 bridgehead atoms. The summed E-state index contributed by atoms with van der Waals surface area (Å²) in [5.74, 6) is 1.04. The molecule has 3 aromatic heterocycles. The second kappa shape index (κ2) is 7.55. The van der Waals surface area contributed by atoms with E-state index in [9.17, 15) is 0 Å². The fourth-order valence-electron chi connectivity index (χ4n) is 4.01. The predicted octanol–water partition coefficient (Wildman–Crippen LogP) is 4.41. The van der Waals surface area contributed by atoms with E-state index in [-0.39, 0.29) is 0 Å². The normalized spacial score (nSPS) is 15.2. The van der Waals surface area contributed by atoms with Gasteiger partial charge in [-0.3, -0.25) is 9.97 Å². The van der Waals surface area contributed by atoms with Crippen molar-refractivity contribution in [2.75, 3.05) is 0 Å². The van der Waals surface area contributed by atoms with Crippen LogP contribution in [0.25, 0.3) is 22.5 Å². The zero-order chi connectivity index (χ0) is 18.8. The van der Waals surface area contributed by atoms with Gasteiger partial charge in [0.05, 0.1) is 11.3 Å². The number of aromatic amines is 1. The minimum Gasteiger partial charge on any atom is -0.262 e. The Kier molecular flexibility index (Phi) is 4.97. The highest BCUT2D eigenvalue weighted by Crippen LogP contribution is 2.41. The molecule has 0 aromatic carbocycles. The molecule has 0 radical (unpaired) electrons. The molecule has 27 heavy (non-hydrogen) atoms. The third-order valence-electron chi connectivity index (χ3n) is 5.60. The summed E-state index contributed by atoms with van der Waals surface area (Å²) in [5.41, 5.74) is 8.19. The first-order valence-corrected chi connectivity index (χ1v) is 9.91. The highest BCUT2D eigenvalue weighted by atomic mass is 15.5. The summed E-state index contributed by atoms with van der Waals surface area (Å²) in [6.07, 6.45) is 8.66. The van der Waals surface area contributed by atoms with Crippen molar-refractivity contribution < 1.29 is 0 Å². The van der Waals surface area contributed by atoms with Crippen LogP contribution in [0.5, 0.6) is 0 Å². The van der Waals surface area contributed by atoms with Crippen molar-refractivity contribution in [2.45, 2.75) is 65.2 Å². The van der Waals surface area contributed by atoms with Crippen molar-refractivity contribution >= 4 is 0 Å². The summed E-state index contributed by atoms with van der Waals surface area (Å²) in [7, 11) is 0. The van der Waals surface area contributed by atoms with Crippen LogP contribution >= 0.6 is 0 Å². The number of hydrogen-bond donors (Lipinski definition) is 1. The van der Waals surface area contributed by atoms with Gasteiger partial charge in [-0.2, -0.15) is 0 Å². The fraction of sp³-hybridized carbons (Fsp3) is 0.476. The molecule has 0 aliphatic heterocycles. The predicted molar refractivity (Wildman–Crippen MR) is 105 cm³/mol. The van der Waals surface area contributed by atoms with E-state index < -0.39 is 0 Å². The first-order valence-electron chi connectivity index (χ1n) is 9.91. The molecule has 0 fully saturated rings. The molecule has 6 nitrogen and oxygen atoms in total. The molecule has 3 aromatic rings. The minimum absolute atomic E-state index is 0.334. The molecule has 1 aliphatic carbocycles. The smallest absolute Gasteiger partial charge is 0.181 e. The number of nitrogens with one attached hydrogen (secondary N) is 1. The zero-order valence-electron chi connectivity index (χ0n) is 16.3. The minimum atomic E-state index is 0.334. The van der Waals surface area contributed by atoms with Crippen molar-refractivity contribution in [3.05, 3.63) is 41.0 Å².